The van der Waals surface area contributed by atoms with Crippen molar-refractivity contribution in [3.05, 3.63) is 34.3 Å². The number of rotatable bonds is 5. The molecule has 0 saturated heterocycles. The van der Waals surface area contributed by atoms with Crippen molar-refractivity contribution in [2.75, 3.05) is 5.88 Å². The smallest absolute Gasteiger partial charge is 0.0460 e. The standard InChI is InChI=1S/C11H16Cl2N2/c1-8-4-5-9(7-10(8)13)11(15-14)3-2-6-12/h4-5,7,11,15H,2-3,6,14H2,1H3. The Bertz CT molecular complexity index is 315. The number of halogens is 2. The van der Waals surface area contributed by atoms with Gasteiger partial charge >= 0.3 is 0 Å². The molecule has 0 amide bonds. The van der Waals surface area contributed by atoms with E-state index in [4.69, 9.17) is 29.0 Å². The van der Waals surface area contributed by atoms with Gasteiger partial charge in [0.05, 0.1) is 0 Å². The summed E-state index contributed by atoms with van der Waals surface area (Å²) >= 11 is 11.7. The zero-order chi connectivity index (χ0) is 11.3. The van der Waals surface area contributed by atoms with Gasteiger partial charge in [-0.1, -0.05) is 23.7 Å². The summed E-state index contributed by atoms with van der Waals surface area (Å²) in [6.07, 6.45) is 1.85. The molecule has 1 unspecified atom stereocenters. The highest BCUT2D eigenvalue weighted by molar-refractivity contribution is 6.31. The number of hydrogen-bond donors (Lipinski definition) is 2. The molecule has 0 bridgehead atoms. The van der Waals surface area contributed by atoms with E-state index in [9.17, 15) is 0 Å². The lowest BCUT2D eigenvalue weighted by atomic mass is 10.0. The molecule has 3 N–H and O–H groups in total. The van der Waals surface area contributed by atoms with Gasteiger partial charge in [0.15, 0.2) is 0 Å². The number of benzene rings is 1. The highest BCUT2D eigenvalue weighted by Crippen LogP contribution is 2.23. The minimum Gasteiger partial charge on any atom is -0.271 e. The van der Waals surface area contributed by atoms with Gasteiger partial charge in [0.2, 0.25) is 0 Å². The van der Waals surface area contributed by atoms with Crippen LogP contribution in [0.3, 0.4) is 0 Å². The lowest BCUT2D eigenvalue weighted by Gasteiger charge is -2.16. The number of alkyl halides is 1. The van der Waals surface area contributed by atoms with E-state index in [2.05, 4.69) is 5.43 Å². The van der Waals surface area contributed by atoms with Gasteiger partial charge in [-0.3, -0.25) is 11.3 Å². The van der Waals surface area contributed by atoms with Crippen molar-refractivity contribution in [3.63, 3.8) is 0 Å². The number of aryl methyl sites for hydroxylation is 1. The summed E-state index contributed by atoms with van der Waals surface area (Å²) in [5, 5.41) is 0.777. The van der Waals surface area contributed by atoms with Crippen LogP contribution in [0.5, 0.6) is 0 Å². The fourth-order valence-corrected chi connectivity index (χ4v) is 1.80. The van der Waals surface area contributed by atoms with Crippen molar-refractivity contribution in [2.45, 2.75) is 25.8 Å². The molecular formula is C11H16Cl2N2. The fourth-order valence-electron chi connectivity index (χ4n) is 1.45. The van der Waals surface area contributed by atoms with Gasteiger partial charge in [-0.25, -0.2) is 0 Å². The van der Waals surface area contributed by atoms with Crippen LogP contribution in [0.1, 0.15) is 30.0 Å². The van der Waals surface area contributed by atoms with Gasteiger partial charge in [0, 0.05) is 16.9 Å². The van der Waals surface area contributed by atoms with Crippen LogP contribution in [0.4, 0.5) is 0 Å². The fraction of sp³-hybridized carbons (Fsp3) is 0.455. The minimum absolute atomic E-state index is 0.127. The number of hydrazine groups is 1. The van der Waals surface area contributed by atoms with Crippen LogP contribution >= 0.6 is 23.2 Å². The highest BCUT2D eigenvalue weighted by Gasteiger charge is 2.09. The van der Waals surface area contributed by atoms with Gasteiger partial charge < -0.3 is 0 Å². The Morgan fingerprint density at radius 3 is 2.73 bits per heavy atom. The first kappa shape index (κ1) is 12.8. The predicted molar refractivity (Wildman–Crippen MR) is 66.2 cm³/mol. The van der Waals surface area contributed by atoms with Gasteiger partial charge in [-0.15, -0.1) is 11.6 Å². The number of nitrogens with one attached hydrogen (secondary N) is 1. The maximum absolute atomic E-state index is 6.05. The van der Waals surface area contributed by atoms with Crippen LogP contribution in [0, 0.1) is 6.92 Å². The quantitative estimate of drug-likeness (QED) is 0.476. The van der Waals surface area contributed by atoms with Crippen molar-refractivity contribution in [3.8, 4) is 0 Å². The third-order valence-electron chi connectivity index (χ3n) is 2.43. The van der Waals surface area contributed by atoms with Crippen LogP contribution in [-0.2, 0) is 0 Å². The first-order chi connectivity index (χ1) is 7.19. The second-order valence-corrected chi connectivity index (χ2v) is 4.34. The van der Waals surface area contributed by atoms with E-state index >= 15 is 0 Å². The zero-order valence-corrected chi connectivity index (χ0v) is 10.3. The van der Waals surface area contributed by atoms with Gasteiger partial charge in [-0.05, 0) is 37.0 Å². The van der Waals surface area contributed by atoms with Gasteiger partial charge in [-0.2, -0.15) is 0 Å². The van der Waals surface area contributed by atoms with Crippen LogP contribution in [0.2, 0.25) is 5.02 Å². The van der Waals surface area contributed by atoms with E-state index in [1.54, 1.807) is 0 Å². The van der Waals surface area contributed by atoms with Crippen LogP contribution < -0.4 is 11.3 Å². The molecule has 0 spiro atoms. The summed E-state index contributed by atoms with van der Waals surface area (Å²) in [5.41, 5.74) is 4.97. The Labute approximate surface area is 101 Å². The molecule has 0 saturated carbocycles. The Kier molecular flexibility index (Phi) is 5.40. The lowest BCUT2D eigenvalue weighted by Crippen LogP contribution is -2.28. The van der Waals surface area contributed by atoms with Crippen molar-refractivity contribution in [1.29, 1.82) is 0 Å². The van der Waals surface area contributed by atoms with Crippen LogP contribution in [0.15, 0.2) is 18.2 Å². The van der Waals surface area contributed by atoms with Crippen molar-refractivity contribution >= 4 is 23.2 Å². The molecule has 0 heterocycles. The molecule has 1 aromatic carbocycles. The zero-order valence-electron chi connectivity index (χ0n) is 8.76. The highest BCUT2D eigenvalue weighted by atomic mass is 35.5. The summed E-state index contributed by atoms with van der Waals surface area (Å²) in [4.78, 5) is 0. The second kappa shape index (κ2) is 6.33. The lowest BCUT2D eigenvalue weighted by molar-refractivity contribution is 0.511. The summed E-state index contributed by atoms with van der Waals surface area (Å²) in [5.74, 6) is 6.15. The molecule has 4 heteroatoms. The molecule has 2 nitrogen and oxygen atoms in total. The maximum atomic E-state index is 6.05. The summed E-state index contributed by atoms with van der Waals surface area (Å²) < 4.78 is 0. The molecule has 0 aromatic heterocycles. The molecule has 1 atom stereocenters. The Morgan fingerprint density at radius 2 is 2.20 bits per heavy atom. The summed E-state index contributed by atoms with van der Waals surface area (Å²) in [7, 11) is 0. The Hall–Kier alpha value is -0.280. The van der Waals surface area contributed by atoms with Crippen molar-refractivity contribution in [2.24, 2.45) is 5.84 Å². The Morgan fingerprint density at radius 1 is 1.47 bits per heavy atom. The van der Waals surface area contributed by atoms with Crippen LogP contribution in [0.25, 0.3) is 0 Å². The van der Waals surface area contributed by atoms with Crippen molar-refractivity contribution < 1.29 is 0 Å². The minimum atomic E-state index is 0.127. The number of nitrogens with two attached hydrogens (primary N) is 1. The summed E-state index contributed by atoms with van der Waals surface area (Å²) in [6.45, 7) is 1.98. The molecule has 0 aliphatic heterocycles. The molecule has 84 valence electrons. The molecule has 0 aliphatic rings. The van der Waals surface area contributed by atoms with Gasteiger partial charge in [0.1, 0.15) is 0 Å². The van der Waals surface area contributed by atoms with Crippen LogP contribution in [-0.4, -0.2) is 5.88 Å². The second-order valence-electron chi connectivity index (χ2n) is 3.56. The molecular weight excluding hydrogens is 231 g/mol. The first-order valence-electron chi connectivity index (χ1n) is 4.97. The Balaban J connectivity index is 2.78. The van der Waals surface area contributed by atoms with E-state index < -0.39 is 0 Å². The molecule has 1 aromatic rings. The monoisotopic (exact) mass is 246 g/mol. The third kappa shape index (κ3) is 3.65. The van der Waals surface area contributed by atoms with E-state index in [0.29, 0.717) is 5.88 Å². The number of hydrogen-bond acceptors (Lipinski definition) is 2. The normalized spacial score (nSPS) is 12.8. The topological polar surface area (TPSA) is 38.0 Å². The first-order valence-corrected chi connectivity index (χ1v) is 5.88. The molecule has 1 rings (SSSR count). The van der Waals surface area contributed by atoms with Crippen molar-refractivity contribution in [1.82, 2.24) is 5.43 Å². The van der Waals surface area contributed by atoms with E-state index in [-0.39, 0.29) is 6.04 Å². The SMILES string of the molecule is Cc1ccc(C(CCCCl)NN)cc1Cl. The van der Waals surface area contributed by atoms with E-state index in [1.165, 1.54) is 0 Å². The summed E-state index contributed by atoms with van der Waals surface area (Å²) in [6, 6.07) is 6.13. The third-order valence-corrected chi connectivity index (χ3v) is 3.10. The molecule has 15 heavy (non-hydrogen) atoms. The molecule has 0 fully saturated rings. The largest absolute Gasteiger partial charge is 0.271 e. The average Bonchev–Trinajstić information content (AvgIpc) is 2.24. The molecule has 0 radical (unpaired) electrons. The average molecular weight is 247 g/mol. The van der Waals surface area contributed by atoms with E-state index in [0.717, 1.165) is 29.0 Å². The molecule has 0 aliphatic carbocycles. The maximum Gasteiger partial charge on any atom is 0.0460 e. The van der Waals surface area contributed by atoms with E-state index in [1.807, 2.05) is 25.1 Å². The van der Waals surface area contributed by atoms with Gasteiger partial charge in [0.25, 0.3) is 0 Å². The predicted octanol–water partition coefficient (Wildman–Crippen LogP) is 3.17.